The van der Waals surface area contributed by atoms with Crippen molar-refractivity contribution in [2.75, 3.05) is 26.9 Å². The minimum Gasteiger partial charge on any atom is -0.378 e. The van der Waals surface area contributed by atoms with Gasteiger partial charge in [0, 0.05) is 19.3 Å². The summed E-state index contributed by atoms with van der Waals surface area (Å²) in [5.74, 6) is 0. The molecule has 17 heavy (non-hydrogen) atoms. The largest absolute Gasteiger partial charge is 0.411 e. The van der Waals surface area contributed by atoms with E-state index in [-0.39, 0.29) is 18.8 Å². The number of ether oxygens (including phenoxy) is 2. The monoisotopic (exact) mass is 255 g/mol. The molecule has 0 saturated carbocycles. The minimum atomic E-state index is -4.23. The fraction of sp³-hybridized carbons (Fsp3) is 1.00. The summed E-state index contributed by atoms with van der Waals surface area (Å²) in [6, 6.07) is 0.159. The maximum absolute atomic E-state index is 11.8. The van der Waals surface area contributed by atoms with Gasteiger partial charge in [-0.15, -0.1) is 0 Å². The van der Waals surface area contributed by atoms with Crippen molar-refractivity contribution in [3.8, 4) is 0 Å². The lowest BCUT2D eigenvalue weighted by atomic mass is 10.0. The first-order chi connectivity index (χ1) is 8.01. The highest BCUT2D eigenvalue weighted by atomic mass is 19.4. The summed E-state index contributed by atoms with van der Waals surface area (Å²) in [7, 11) is 1.81. The topological polar surface area (TPSA) is 30.5 Å². The fourth-order valence-electron chi connectivity index (χ4n) is 1.94. The number of alkyl halides is 3. The van der Waals surface area contributed by atoms with Crippen LogP contribution in [0.4, 0.5) is 13.2 Å². The highest BCUT2D eigenvalue weighted by molar-refractivity contribution is 4.74. The molecule has 0 amide bonds. The van der Waals surface area contributed by atoms with E-state index >= 15 is 0 Å². The van der Waals surface area contributed by atoms with Crippen molar-refractivity contribution in [1.29, 1.82) is 0 Å². The molecule has 0 aromatic heterocycles. The maximum atomic E-state index is 11.8. The van der Waals surface area contributed by atoms with Crippen molar-refractivity contribution in [3.05, 3.63) is 0 Å². The molecule has 1 N–H and O–H groups in total. The molecule has 1 saturated heterocycles. The summed E-state index contributed by atoms with van der Waals surface area (Å²) in [5, 5.41) is 3.09. The predicted molar refractivity (Wildman–Crippen MR) is 57.9 cm³/mol. The average Bonchev–Trinajstić information content (AvgIpc) is 2.73. The van der Waals surface area contributed by atoms with Gasteiger partial charge >= 0.3 is 6.18 Å². The van der Waals surface area contributed by atoms with Crippen LogP contribution in [0.2, 0.25) is 0 Å². The molecule has 2 unspecified atom stereocenters. The molecule has 1 heterocycles. The second-order valence-electron chi connectivity index (χ2n) is 4.31. The fourth-order valence-corrected chi connectivity index (χ4v) is 1.94. The summed E-state index contributed by atoms with van der Waals surface area (Å²) in [4.78, 5) is 0. The molecule has 0 bridgehead atoms. The van der Waals surface area contributed by atoms with Crippen LogP contribution in [0, 0.1) is 0 Å². The van der Waals surface area contributed by atoms with E-state index in [0.29, 0.717) is 6.42 Å². The summed E-state index contributed by atoms with van der Waals surface area (Å²) in [6.07, 6.45) is -0.454. The van der Waals surface area contributed by atoms with Crippen LogP contribution in [-0.2, 0) is 9.47 Å². The van der Waals surface area contributed by atoms with Crippen molar-refractivity contribution >= 4 is 0 Å². The Morgan fingerprint density at radius 3 is 2.76 bits per heavy atom. The van der Waals surface area contributed by atoms with Crippen molar-refractivity contribution in [1.82, 2.24) is 5.32 Å². The van der Waals surface area contributed by atoms with Crippen LogP contribution >= 0.6 is 0 Å². The standard InChI is InChI=1S/C11H20F3NO2/c1-15-9(7-10-3-2-5-17-10)4-6-16-8-11(12,13)14/h9-10,15H,2-8H2,1H3. The average molecular weight is 255 g/mol. The molecule has 3 nitrogen and oxygen atoms in total. The van der Waals surface area contributed by atoms with Gasteiger partial charge in [0.15, 0.2) is 0 Å². The van der Waals surface area contributed by atoms with Gasteiger partial charge < -0.3 is 14.8 Å². The van der Waals surface area contributed by atoms with Gasteiger partial charge in [0.2, 0.25) is 0 Å². The molecule has 0 aromatic rings. The molecule has 1 rings (SSSR count). The highest BCUT2D eigenvalue weighted by Gasteiger charge is 2.27. The van der Waals surface area contributed by atoms with E-state index in [1.165, 1.54) is 0 Å². The zero-order valence-electron chi connectivity index (χ0n) is 10.1. The van der Waals surface area contributed by atoms with E-state index in [4.69, 9.17) is 4.74 Å². The third kappa shape index (κ3) is 6.85. The molecular formula is C11H20F3NO2. The molecule has 0 radical (unpaired) electrons. The van der Waals surface area contributed by atoms with Crippen LogP contribution in [0.5, 0.6) is 0 Å². The van der Waals surface area contributed by atoms with Crippen LogP contribution in [0.1, 0.15) is 25.7 Å². The quantitative estimate of drug-likeness (QED) is 0.707. The van der Waals surface area contributed by atoms with Crippen molar-refractivity contribution in [2.45, 2.75) is 44.0 Å². The van der Waals surface area contributed by atoms with Crippen LogP contribution in [0.25, 0.3) is 0 Å². The molecule has 0 aromatic carbocycles. The zero-order valence-corrected chi connectivity index (χ0v) is 10.1. The Morgan fingerprint density at radius 2 is 2.24 bits per heavy atom. The van der Waals surface area contributed by atoms with Gasteiger partial charge in [0.1, 0.15) is 6.61 Å². The molecule has 1 fully saturated rings. The van der Waals surface area contributed by atoms with Gasteiger partial charge in [-0.2, -0.15) is 13.2 Å². The van der Waals surface area contributed by atoms with Gasteiger partial charge in [-0.1, -0.05) is 0 Å². The number of nitrogens with one attached hydrogen (secondary N) is 1. The first-order valence-corrected chi connectivity index (χ1v) is 5.94. The van der Waals surface area contributed by atoms with E-state index in [0.717, 1.165) is 25.9 Å². The van der Waals surface area contributed by atoms with Crippen molar-refractivity contribution in [2.24, 2.45) is 0 Å². The summed E-state index contributed by atoms with van der Waals surface area (Å²) in [5.41, 5.74) is 0. The lowest BCUT2D eigenvalue weighted by Gasteiger charge is -2.19. The predicted octanol–water partition coefficient (Wildman–Crippen LogP) is 2.11. The van der Waals surface area contributed by atoms with Gasteiger partial charge in [-0.25, -0.2) is 0 Å². The molecule has 102 valence electrons. The lowest BCUT2D eigenvalue weighted by molar-refractivity contribution is -0.174. The Balaban J connectivity index is 2.09. The zero-order chi connectivity index (χ0) is 12.7. The van der Waals surface area contributed by atoms with Gasteiger partial charge in [-0.3, -0.25) is 0 Å². The van der Waals surface area contributed by atoms with E-state index in [1.807, 2.05) is 7.05 Å². The summed E-state index contributed by atoms with van der Waals surface area (Å²) in [6.45, 7) is -0.243. The summed E-state index contributed by atoms with van der Waals surface area (Å²) < 4.78 is 45.6. The molecule has 2 atom stereocenters. The Bertz CT molecular complexity index is 205. The maximum Gasteiger partial charge on any atom is 0.411 e. The van der Waals surface area contributed by atoms with E-state index in [9.17, 15) is 13.2 Å². The lowest BCUT2D eigenvalue weighted by Crippen LogP contribution is -2.31. The third-order valence-corrected chi connectivity index (χ3v) is 2.86. The van der Waals surface area contributed by atoms with Crippen molar-refractivity contribution in [3.63, 3.8) is 0 Å². The Morgan fingerprint density at radius 1 is 1.47 bits per heavy atom. The van der Waals surface area contributed by atoms with Crippen LogP contribution < -0.4 is 5.32 Å². The SMILES string of the molecule is CNC(CCOCC(F)(F)F)CC1CCCO1. The Kier molecular flexibility index (Phi) is 6.22. The highest BCUT2D eigenvalue weighted by Crippen LogP contribution is 2.18. The number of rotatable bonds is 7. The van der Waals surface area contributed by atoms with Gasteiger partial charge in [0.25, 0.3) is 0 Å². The minimum absolute atomic E-state index is 0.123. The molecule has 1 aliphatic heterocycles. The van der Waals surface area contributed by atoms with E-state index in [1.54, 1.807) is 0 Å². The molecule has 0 spiro atoms. The van der Waals surface area contributed by atoms with Crippen LogP contribution in [0.15, 0.2) is 0 Å². The summed E-state index contributed by atoms with van der Waals surface area (Å²) >= 11 is 0. The van der Waals surface area contributed by atoms with Gasteiger partial charge in [-0.05, 0) is 32.7 Å². The third-order valence-electron chi connectivity index (χ3n) is 2.86. The van der Waals surface area contributed by atoms with Gasteiger partial charge in [0.05, 0.1) is 6.10 Å². The number of halogens is 3. The molecule has 0 aliphatic carbocycles. The van der Waals surface area contributed by atoms with Crippen LogP contribution in [-0.4, -0.2) is 45.2 Å². The normalized spacial score (nSPS) is 22.9. The smallest absolute Gasteiger partial charge is 0.378 e. The number of hydrogen-bond acceptors (Lipinski definition) is 3. The Labute approximate surface area is 99.7 Å². The molecule has 1 aliphatic rings. The number of hydrogen-bond donors (Lipinski definition) is 1. The molecule has 6 heteroatoms. The van der Waals surface area contributed by atoms with Crippen molar-refractivity contribution < 1.29 is 22.6 Å². The second kappa shape index (κ2) is 7.18. The Hall–Kier alpha value is -0.330. The van der Waals surface area contributed by atoms with E-state index < -0.39 is 12.8 Å². The molecular weight excluding hydrogens is 235 g/mol. The first kappa shape index (κ1) is 14.7. The first-order valence-electron chi connectivity index (χ1n) is 5.94. The second-order valence-corrected chi connectivity index (χ2v) is 4.31. The van der Waals surface area contributed by atoms with Crippen LogP contribution in [0.3, 0.4) is 0 Å². The van der Waals surface area contributed by atoms with E-state index in [2.05, 4.69) is 10.1 Å².